The van der Waals surface area contributed by atoms with Gasteiger partial charge in [0.1, 0.15) is 5.54 Å². The average molecular weight is 298 g/mol. The molecule has 2 heterocycles. The fraction of sp³-hybridized carbons (Fsp3) is 0.857. The molecule has 0 spiro atoms. The molecule has 2 fully saturated rings. The number of amides is 2. The van der Waals surface area contributed by atoms with Crippen molar-refractivity contribution < 1.29 is 14.3 Å². The van der Waals surface area contributed by atoms with Crippen LogP contribution >= 0.6 is 0 Å². The van der Waals surface area contributed by atoms with Gasteiger partial charge in [-0.05, 0) is 12.8 Å². The number of hydrogen-bond acceptors (Lipinski definition) is 5. The summed E-state index contributed by atoms with van der Waals surface area (Å²) in [6.45, 7) is 4.14. The summed E-state index contributed by atoms with van der Waals surface area (Å²) in [5.41, 5.74) is 5.30. The zero-order chi connectivity index (χ0) is 15.5. The van der Waals surface area contributed by atoms with Gasteiger partial charge in [0.2, 0.25) is 11.8 Å². The fourth-order valence-corrected chi connectivity index (χ4v) is 2.73. The molecule has 2 saturated heterocycles. The van der Waals surface area contributed by atoms with Gasteiger partial charge >= 0.3 is 0 Å². The first-order valence-electron chi connectivity index (χ1n) is 7.51. The van der Waals surface area contributed by atoms with Gasteiger partial charge in [-0.2, -0.15) is 0 Å². The first-order chi connectivity index (χ1) is 9.92. The minimum absolute atomic E-state index is 0.0132. The second kappa shape index (κ2) is 6.72. The highest BCUT2D eigenvalue weighted by Crippen LogP contribution is 2.19. The maximum atomic E-state index is 12.5. The molecule has 0 saturated carbocycles. The van der Waals surface area contributed by atoms with Crippen molar-refractivity contribution in [2.45, 2.75) is 18.4 Å². The maximum Gasteiger partial charge on any atom is 0.245 e. The molecular formula is C14H26N4O3. The molecule has 0 aromatic heterocycles. The van der Waals surface area contributed by atoms with Crippen molar-refractivity contribution in [2.24, 2.45) is 5.73 Å². The minimum Gasteiger partial charge on any atom is -0.379 e. The van der Waals surface area contributed by atoms with Crippen LogP contribution in [0.3, 0.4) is 0 Å². The molecule has 2 rings (SSSR count). The highest BCUT2D eigenvalue weighted by atomic mass is 16.5. The normalized spacial score (nSPS) is 27.5. The van der Waals surface area contributed by atoms with Crippen molar-refractivity contribution in [1.82, 2.24) is 14.7 Å². The van der Waals surface area contributed by atoms with Crippen LogP contribution < -0.4 is 5.73 Å². The van der Waals surface area contributed by atoms with E-state index >= 15 is 0 Å². The highest BCUT2D eigenvalue weighted by molar-refractivity contribution is 5.86. The lowest BCUT2D eigenvalue weighted by Gasteiger charge is -2.29. The quantitative estimate of drug-likeness (QED) is 0.702. The van der Waals surface area contributed by atoms with Crippen molar-refractivity contribution >= 4 is 11.8 Å². The number of nitrogens with zero attached hydrogens (tertiary/aromatic N) is 3. The molecule has 0 bridgehead atoms. The Hall–Kier alpha value is -1.18. The number of carbonyl (C=O) groups excluding carboxylic acids is 2. The fourth-order valence-electron chi connectivity index (χ4n) is 2.73. The van der Waals surface area contributed by atoms with Gasteiger partial charge in [-0.3, -0.25) is 14.5 Å². The average Bonchev–Trinajstić information content (AvgIpc) is 2.76. The zero-order valence-corrected chi connectivity index (χ0v) is 13.0. The Kier molecular flexibility index (Phi) is 5.18. The van der Waals surface area contributed by atoms with Crippen molar-refractivity contribution in [1.29, 1.82) is 0 Å². The summed E-state index contributed by atoms with van der Waals surface area (Å²) in [6.07, 6.45) is 1.45. The van der Waals surface area contributed by atoms with Gasteiger partial charge in [-0.15, -0.1) is 0 Å². The molecule has 1 atom stereocenters. The summed E-state index contributed by atoms with van der Waals surface area (Å²) in [5, 5.41) is 0. The monoisotopic (exact) mass is 298 g/mol. The number of nitrogens with two attached hydrogens (primary N) is 1. The molecule has 0 radical (unpaired) electrons. The van der Waals surface area contributed by atoms with Crippen molar-refractivity contribution in [3.63, 3.8) is 0 Å². The summed E-state index contributed by atoms with van der Waals surface area (Å²) >= 11 is 0. The molecule has 120 valence electrons. The van der Waals surface area contributed by atoms with Crippen molar-refractivity contribution in [3.8, 4) is 0 Å². The van der Waals surface area contributed by atoms with E-state index in [2.05, 4.69) is 4.90 Å². The molecule has 2 amide bonds. The van der Waals surface area contributed by atoms with Crippen LogP contribution in [-0.2, 0) is 14.3 Å². The van der Waals surface area contributed by atoms with Crippen LogP contribution in [0.1, 0.15) is 12.8 Å². The number of ether oxygens (including phenoxy) is 1. The summed E-state index contributed by atoms with van der Waals surface area (Å²) in [4.78, 5) is 29.8. The Labute approximate surface area is 126 Å². The van der Waals surface area contributed by atoms with Crippen LogP contribution in [-0.4, -0.2) is 92.1 Å². The number of carbonyl (C=O) groups is 2. The van der Waals surface area contributed by atoms with Gasteiger partial charge in [-0.1, -0.05) is 0 Å². The molecule has 2 N–H and O–H groups in total. The second-order valence-corrected chi connectivity index (χ2v) is 6.17. The van der Waals surface area contributed by atoms with E-state index in [1.807, 2.05) is 4.90 Å². The lowest BCUT2D eigenvalue weighted by molar-refractivity contribution is -0.136. The van der Waals surface area contributed by atoms with Gasteiger partial charge < -0.3 is 20.3 Å². The molecule has 7 nitrogen and oxygen atoms in total. The van der Waals surface area contributed by atoms with Crippen LogP contribution in [0.2, 0.25) is 0 Å². The van der Waals surface area contributed by atoms with E-state index in [1.165, 1.54) is 0 Å². The number of rotatable bonds is 3. The molecule has 7 heteroatoms. The molecular weight excluding hydrogens is 272 g/mol. The van der Waals surface area contributed by atoms with Gasteiger partial charge in [0, 0.05) is 46.9 Å². The molecule has 2 aliphatic rings. The van der Waals surface area contributed by atoms with Crippen LogP contribution in [0.25, 0.3) is 0 Å². The molecule has 21 heavy (non-hydrogen) atoms. The second-order valence-electron chi connectivity index (χ2n) is 6.17. The maximum absolute atomic E-state index is 12.5. The van der Waals surface area contributed by atoms with Crippen LogP contribution in [0, 0.1) is 0 Å². The summed E-state index contributed by atoms with van der Waals surface area (Å²) in [5.74, 6) is 0.0788. The first-order valence-corrected chi connectivity index (χ1v) is 7.51. The summed E-state index contributed by atoms with van der Waals surface area (Å²) in [6, 6.07) is 0. The van der Waals surface area contributed by atoms with Crippen LogP contribution in [0.5, 0.6) is 0 Å². The Morgan fingerprint density at radius 1 is 1.24 bits per heavy atom. The molecule has 2 aliphatic heterocycles. The van der Waals surface area contributed by atoms with E-state index in [4.69, 9.17) is 10.5 Å². The number of likely N-dealkylation sites (N-methyl/N-ethyl adjacent to an activating group) is 1. The zero-order valence-electron chi connectivity index (χ0n) is 13.0. The molecule has 0 aromatic carbocycles. The Morgan fingerprint density at radius 3 is 2.62 bits per heavy atom. The van der Waals surface area contributed by atoms with E-state index in [0.29, 0.717) is 45.8 Å². The largest absolute Gasteiger partial charge is 0.379 e. The Morgan fingerprint density at radius 2 is 2.00 bits per heavy atom. The first kappa shape index (κ1) is 16.2. The number of hydrogen-bond donors (Lipinski definition) is 1. The Balaban J connectivity index is 1.88. The standard InChI is InChI=1S/C14H26N4O3/c1-16(2)12(19)10-17-5-3-6-18(8-7-17)13(20)14(15)4-9-21-11-14/h3-11,15H2,1-2H3. The molecule has 1 unspecified atom stereocenters. The van der Waals surface area contributed by atoms with Crippen molar-refractivity contribution in [2.75, 3.05) is 60.0 Å². The highest BCUT2D eigenvalue weighted by Gasteiger charge is 2.41. The van der Waals surface area contributed by atoms with Crippen LogP contribution in [0.15, 0.2) is 0 Å². The predicted molar refractivity (Wildman–Crippen MR) is 78.7 cm³/mol. The summed E-state index contributed by atoms with van der Waals surface area (Å²) < 4.78 is 5.27. The van der Waals surface area contributed by atoms with Gasteiger partial charge in [0.15, 0.2) is 0 Å². The van der Waals surface area contributed by atoms with Gasteiger partial charge in [0.25, 0.3) is 0 Å². The van der Waals surface area contributed by atoms with E-state index in [9.17, 15) is 9.59 Å². The lowest BCUT2D eigenvalue weighted by Crippen LogP contribution is -2.56. The lowest BCUT2D eigenvalue weighted by atomic mass is 9.98. The molecule has 0 aliphatic carbocycles. The topological polar surface area (TPSA) is 79.1 Å². The summed E-state index contributed by atoms with van der Waals surface area (Å²) in [7, 11) is 3.52. The van der Waals surface area contributed by atoms with E-state index < -0.39 is 5.54 Å². The minimum atomic E-state index is -0.853. The van der Waals surface area contributed by atoms with E-state index in [1.54, 1.807) is 19.0 Å². The van der Waals surface area contributed by atoms with Crippen molar-refractivity contribution in [3.05, 3.63) is 0 Å². The predicted octanol–water partition coefficient (Wildman–Crippen LogP) is -1.27. The SMILES string of the molecule is CN(C)C(=O)CN1CCCN(C(=O)C2(N)CCOC2)CC1. The van der Waals surface area contributed by atoms with Gasteiger partial charge in [-0.25, -0.2) is 0 Å². The Bertz CT molecular complexity index is 394. The third kappa shape index (κ3) is 3.93. The molecule has 0 aromatic rings. The smallest absolute Gasteiger partial charge is 0.245 e. The third-order valence-corrected chi connectivity index (χ3v) is 4.21. The van der Waals surface area contributed by atoms with E-state index in [0.717, 1.165) is 13.0 Å². The van der Waals surface area contributed by atoms with Gasteiger partial charge in [0.05, 0.1) is 13.2 Å². The third-order valence-electron chi connectivity index (χ3n) is 4.21. The van der Waals surface area contributed by atoms with Crippen LogP contribution in [0.4, 0.5) is 0 Å². The van der Waals surface area contributed by atoms with E-state index in [-0.39, 0.29) is 11.8 Å².